The third-order valence-corrected chi connectivity index (χ3v) is 5.50. The number of nitrogens with zero attached hydrogens (tertiary/aromatic N) is 3. The molecule has 34 heavy (non-hydrogen) atoms. The Kier molecular flexibility index (Phi) is 8.60. The molecule has 3 rings (SSSR count). The van der Waals surface area contributed by atoms with Crippen LogP contribution in [0.15, 0.2) is 36.5 Å². The predicted molar refractivity (Wildman–Crippen MR) is 120 cm³/mol. The number of hydrogen-bond donors (Lipinski definition) is 0. The van der Waals surface area contributed by atoms with E-state index in [2.05, 4.69) is 4.98 Å². The molecule has 1 fully saturated rings. The molecule has 1 aromatic heterocycles. The number of ether oxygens (including phenoxy) is 2. The maximum Gasteiger partial charge on any atom is 0.417 e. The Hall–Kier alpha value is -3.01. The Bertz CT molecular complexity index is 1010. The van der Waals surface area contributed by atoms with Crippen molar-refractivity contribution in [3.63, 3.8) is 0 Å². The Morgan fingerprint density at radius 2 is 1.88 bits per heavy atom. The molecule has 1 amide bonds. The van der Waals surface area contributed by atoms with E-state index in [0.717, 1.165) is 23.6 Å². The summed E-state index contributed by atoms with van der Waals surface area (Å²) in [6.45, 7) is 3.25. The van der Waals surface area contributed by atoms with E-state index >= 15 is 0 Å². The second-order valence-corrected chi connectivity index (χ2v) is 8.23. The van der Waals surface area contributed by atoms with Gasteiger partial charge in [0.2, 0.25) is 0 Å². The SMILES string of the molecule is Cc1cccc(OCCCC(=O)OCC(=O)N2CCN(c3ncc(C(F)(F)F)cc3Cl)CC2)c1. The summed E-state index contributed by atoms with van der Waals surface area (Å²) in [5, 5.41) is -0.102. The van der Waals surface area contributed by atoms with E-state index in [9.17, 15) is 22.8 Å². The number of aromatic nitrogens is 1. The summed E-state index contributed by atoms with van der Waals surface area (Å²) < 4.78 is 49.0. The fraction of sp³-hybridized carbons (Fsp3) is 0.435. The van der Waals surface area contributed by atoms with Gasteiger partial charge in [0, 0.05) is 38.8 Å². The lowest BCUT2D eigenvalue weighted by atomic mass is 10.2. The summed E-state index contributed by atoms with van der Waals surface area (Å²) in [5.74, 6) is 0.146. The molecule has 2 aromatic rings. The van der Waals surface area contributed by atoms with E-state index in [1.54, 1.807) is 4.90 Å². The molecule has 0 radical (unpaired) electrons. The van der Waals surface area contributed by atoms with Gasteiger partial charge in [-0.1, -0.05) is 23.7 Å². The van der Waals surface area contributed by atoms with Gasteiger partial charge in [-0.15, -0.1) is 0 Å². The fourth-order valence-corrected chi connectivity index (χ4v) is 3.69. The highest BCUT2D eigenvalue weighted by Crippen LogP contribution is 2.33. The van der Waals surface area contributed by atoms with Crippen LogP contribution < -0.4 is 9.64 Å². The smallest absolute Gasteiger partial charge is 0.417 e. The van der Waals surface area contributed by atoms with Gasteiger partial charge in [-0.25, -0.2) is 4.98 Å². The Morgan fingerprint density at radius 1 is 1.15 bits per heavy atom. The third kappa shape index (κ3) is 7.24. The number of carbonyl (C=O) groups is 2. The number of alkyl halides is 3. The van der Waals surface area contributed by atoms with Crippen LogP contribution in [-0.2, 0) is 20.5 Å². The summed E-state index contributed by atoms with van der Waals surface area (Å²) in [5.41, 5.74) is 0.161. The van der Waals surface area contributed by atoms with E-state index in [-0.39, 0.29) is 29.8 Å². The highest BCUT2D eigenvalue weighted by molar-refractivity contribution is 6.33. The lowest BCUT2D eigenvalue weighted by Gasteiger charge is -2.35. The summed E-state index contributed by atoms with van der Waals surface area (Å²) in [7, 11) is 0. The van der Waals surface area contributed by atoms with Crippen LogP contribution >= 0.6 is 11.6 Å². The second-order valence-electron chi connectivity index (χ2n) is 7.82. The Balaban J connectivity index is 1.36. The molecule has 2 heterocycles. The average molecular weight is 500 g/mol. The number of halogens is 4. The van der Waals surface area contributed by atoms with Gasteiger partial charge in [-0.2, -0.15) is 13.2 Å². The van der Waals surface area contributed by atoms with Gasteiger partial charge in [0.15, 0.2) is 6.61 Å². The van der Waals surface area contributed by atoms with Crippen LogP contribution in [0, 0.1) is 6.92 Å². The minimum atomic E-state index is -4.52. The van der Waals surface area contributed by atoms with Crippen LogP contribution in [0.1, 0.15) is 24.0 Å². The lowest BCUT2D eigenvalue weighted by molar-refractivity contribution is -0.152. The zero-order chi connectivity index (χ0) is 24.7. The van der Waals surface area contributed by atoms with Crippen molar-refractivity contribution in [1.82, 2.24) is 9.88 Å². The van der Waals surface area contributed by atoms with E-state index in [1.807, 2.05) is 31.2 Å². The first-order valence-corrected chi connectivity index (χ1v) is 11.1. The quantitative estimate of drug-likeness (QED) is 0.402. The molecule has 0 bridgehead atoms. The first-order chi connectivity index (χ1) is 16.1. The molecule has 1 aliphatic heterocycles. The van der Waals surface area contributed by atoms with Crippen molar-refractivity contribution >= 4 is 29.3 Å². The van der Waals surface area contributed by atoms with Crippen molar-refractivity contribution in [3.8, 4) is 5.75 Å². The predicted octanol–water partition coefficient (Wildman–Crippen LogP) is 4.11. The molecule has 7 nitrogen and oxygen atoms in total. The van der Waals surface area contributed by atoms with E-state index in [0.29, 0.717) is 39.2 Å². The van der Waals surface area contributed by atoms with Crippen LogP contribution in [0.25, 0.3) is 0 Å². The fourth-order valence-electron chi connectivity index (χ4n) is 3.40. The van der Waals surface area contributed by atoms with Crippen molar-refractivity contribution in [2.75, 3.05) is 44.3 Å². The standard InChI is InChI=1S/C23H25ClF3N3O4/c1-16-4-2-5-18(12-16)33-11-3-6-21(32)34-15-20(31)29-7-9-30(10-8-29)22-19(24)13-17(14-28-22)23(25,26)27/h2,4-5,12-14H,3,6-11,15H2,1H3. The molecule has 0 N–H and O–H groups in total. The molecule has 0 aliphatic carbocycles. The van der Waals surface area contributed by atoms with Gasteiger partial charge in [0.1, 0.15) is 11.6 Å². The van der Waals surface area contributed by atoms with Gasteiger partial charge in [-0.05, 0) is 37.1 Å². The summed E-state index contributed by atoms with van der Waals surface area (Å²) in [4.78, 5) is 31.4. The topological polar surface area (TPSA) is 72.0 Å². The van der Waals surface area contributed by atoms with Gasteiger partial charge in [0.25, 0.3) is 5.91 Å². The first kappa shape index (κ1) is 25.6. The number of esters is 1. The molecule has 1 aliphatic rings. The van der Waals surface area contributed by atoms with Gasteiger partial charge in [0.05, 0.1) is 17.2 Å². The van der Waals surface area contributed by atoms with Crippen LogP contribution in [0.5, 0.6) is 5.75 Å². The molecule has 1 aromatic carbocycles. The number of anilines is 1. The van der Waals surface area contributed by atoms with Crippen molar-refractivity contribution < 1.29 is 32.2 Å². The summed E-state index contributed by atoms with van der Waals surface area (Å²) in [6.07, 6.45) is -3.19. The molecule has 0 unspecified atom stereocenters. The minimum absolute atomic E-state index is 0.102. The lowest BCUT2D eigenvalue weighted by Crippen LogP contribution is -2.50. The molecule has 11 heteroatoms. The highest BCUT2D eigenvalue weighted by atomic mass is 35.5. The number of pyridine rings is 1. The molecule has 0 atom stereocenters. The minimum Gasteiger partial charge on any atom is -0.494 e. The Labute approximate surface area is 200 Å². The van der Waals surface area contributed by atoms with Crippen LogP contribution in [0.2, 0.25) is 5.02 Å². The monoisotopic (exact) mass is 499 g/mol. The summed E-state index contributed by atoms with van der Waals surface area (Å²) >= 11 is 5.99. The number of carbonyl (C=O) groups excluding carboxylic acids is 2. The highest BCUT2D eigenvalue weighted by Gasteiger charge is 2.32. The van der Waals surface area contributed by atoms with Crippen molar-refractivity contribution in [2.24, 2.45) is 0 Å². The van der Waals surface area contributed by atoms with Crippen molar-refractivity contribution in [1.29, 1.82) is 0 Å². The molecule has 0 spiro atoms. The number of rotatable bonds is 8. The Morgan fingerprint density at radius 3 is 2.53 bits per heavy atom. The zero-order valence-corrected chi connectivity index (χ0v) is 19.4. The summed E-state index contributed by atoms with van der Waals surface area (Å²) in [6, 6.07) is 8.43. The number of amides is 1. The largest absolute Gasteiger partial charge is 0.494 e. The van der Waals surface area contributed by atoms with E-state index < -0.39 is 17.7 Å². The van der Waals surface area contributed by atoms with E-state index in [1.165, 1.54) is 4.90 Å². The molecule has 1 saturated heterocycles. The molecular formula is C23H25ClF3N3O4. The maximum absolute atomic E-state index is 12.8. The van der Waals surface area contributed by atoms with Gasteiger partial charge < -0.3 is 19.3 Å². The van der Waals surface area contributed by atoms with Gasteiger partial charge in [-0.3, -0.25) is 9.59 Å². The van der Waals surface area contributed by atoms with Crippen LogP contribution in [0.4, 0.5) is 19.0 Å². The maximum atomic E-state index is 12.8. The average Bonchev–Trinajstić information content (AvgIpc) is 2.80. The number of piperazine rings is 1. The third-order valence-electron chi connectivity index (χ3n) is 5.22. The normalized spacial score (nSPS) is 14.1. The molecular weight excluding hydrogens is 475 g/mol. The number of benzene rings is 1. The van der Waals surface area contributed by atoms with Gasteiger partial charge >= 0.3 is 12.1 Å². The van der Waals surface area contributed by atoms with Crippen molar-refractivity contribution in [2.45, 2.75) is 25.9 Å². The van der Waals surface area contributed by atoms with Crippen molar-refractivity contribution in [3.05, 3.63) is 52.7 Å². The number of aryl methyl sites for hydroxylation is 1. The zero-order valence-electron chi connectivity index (χ0n) is 18.6. The second kappa shape index (κ2) is 11.4. The molecule has 0 saturated carbocycles. The van der Waals surface area contributed by atoms with E-state index in [4.69, 9.17) is 21.1 Å². The van der Waals surface area contributed by atoms with Crippen LogP contribution in [0.3, 0.4) is 0 Å². The first-order valence-electron chi connectivity index (χ1n) is 10.7. The number of hydrogen-bond acceptors (Lipinski definition) is 6. The van der Waals surface area contributed by atoms with Crippen LogP contribution in [-0.4, -0.2) is 61.2 Å². The molecule has 184 valence electrons.